The van der Waals surface area contributed by atoms with E-state index in [1.165, 1.54) is 55.6 Å². The molecule has 0 saturated carbocycles. The molecular weight excluding hydrogens is 657 g/mol. The Morgan fingerprint density at radius 2 is 0.648 bits per heavy atom. The van der Waals surface area contributed by atoms with Crippen LogP contribution in [0.1, 0.15) is 67.7 Å². The minimum atomic E-state index is 0.178. The van der Waals surface area contributed by atoms with E-state index in [-0.39, 0.29) is 11.8 Å². The summed E-state index contributed by atoms with van der Waals surface area (Å²) in [5.74, 6) is 0.357. The second kappa shape index (κ2) is 12.3. The molecule has 0 spiro atoms. The van der Waals surface area contributed by atoms with Crippen molar-refractivity contribution in [2.24, 2.45) is 9.98 Å². The zero-order valence-corrected chi connectivity index (χ0v) is 29.3. The van der Waals surface area contributed by atoms with Crippen molar-refractivity contribution in [1.82, 2.24) is 9.97 Å². The molecule has 252 valence electrons. The molecule has 0 atom stereocenters. The number of aliphatic imine (C=N–C) groups is 2. The van der Waals surface area contributed by atoms with E-state index in [1.807, 2.05) is 36.7 Å². The number of fused-ring (bicyclic) bond motifs is 8. The van der Waals surface area contributed by atoms with Gasteiger partial charge in [-0.25, -0.2) is 9.98 Å². The van der Waals surface area contributed by atoms with E-state index in [0.29, 0.717) is 0 Å². The van der Waals surface area contributed by atoms with E-state index in [2.05, 4.69) is 146 Å². The molecule has 0 radical (unpaired) electrons. The number of aromatic nitrogens is 2. The summed E-state index contributed by atoms with van der Waals surface area (Å²) >= 11 is 0. The summed E-state index contributed by atoms with van der Waals surface area (Å²) in [6.07, 6.45) is 3.64. The highest BCUT2D eigenvalue weighted by Crippen LogP contribution is 2.49. The van der Waals surface area contributed by atoms with Gasteiger partial charge in [-0.15, -0.1) is 0 Å². The van der Waals surface area contributed by atoms with Gasteiger partial charge < -0.3 is 0 Å². The maximum absolute atomic E-state index is 5.33. The van der Waals surface area contributed by atoms with E-state index in [0.717, 1.165) is 45.3 Å². The molecule has 4 nitrogen and oxygen atoms in total. The van der Waals surface area contributed by atoms with Crippen LogP contribution in [-0.4, -0.2) is 21.4 Å². The number of rotatable bonds is 4. The van der Waals surface area contributed by atoms with Gasteiger partial charge in [-0.3, -0.25) is 9.97 Å². The van der Waals surface area contributed by atoms with E-state index in [4.69, 9.17) is 20.0 Å². The Hall–Kier alpha value is -7.04. The summed E-state index contributed by atoms with van der Waals surface area (Å²) in [5, 5.41) is 0. The van der Waals surface area contributed by atoms with Gasteiger partial charge in [0.1, 0.15) is 11.4 Å². The van der Waals surface area contributed by atoms with Gasteiger partial charge in [0, 0.05) is 35.4 Å². The average Bonchev–Trinajstić information content (AvgIpc) is 3.75. The van der Waals surface area contributed by atoms with Crippen molar-refractivity contribution in [2.75, 3.05) is 0 Å². The summed E-state index contributed by atoms with van der Waals surface area (Å²) in [7, 11) is 0. The summed E-state index contributed by atoms with van der Waals surface area (Å²) in [6.45, 7) is 0. The first-order valence-corrected chi connectivity index (χ1v) is 18.5. The van der Waals surface area contributed by atoms with Gasteiger partial charge in [0.25, 0.3) is 0 Å². The minimum absolute atomic E-state index is 0.178. The zero-order chi connectivity index (χ0) is 35.6. The maximum Gasteiger partial charge on any atom is 0.115 e. The lowest BCUT2D eigenvalue weighted by Gasteiger charge is -2.18. The van der Waals surface area contributed by atoms with Crippen LogP contribution in [0.4, 0.5) is 11.4 Å². The second-order valence-corrected chi connectivity index (χ2v) is 14.1. The van der Waals surface area contributed by atoms with Crippen molar-refractivity contribution in [3.05, 3.63) is 238 Å². The number of benzene rings is 6. The van der Waals surface area contributed by atoms with Crippen molar-refractivity contribution in [3.8, 4) is 22.3 Å². The maximum atomic E-state index is 5.33. The van der Waals surface area contributed by atoms with Crippen LogP contribution in [-0.2, 0) is 0 Å². The Kier molecular flexibility index (Phi) is 6.96. The molecule has 54 heavy (non-hydrogen) atoms. The molecule has 4 heteroatoms. The number of hydrogen-bond acceptors (Lipinski definition) is 4. The van der Waals surface area contributed by atoms with E-state index in [1.54, 1.807) is 0 Å². The van der Waals surface area contributed by atoms with Crippen LogP contribution in [0, 0.1) is 0 Å². The second-order valence-electron chi connectivity index (χ2n) is 14.1. The first kappa shape index (κ1) is 30.6. The molecular formula is C50H32N4. The molecule has 8 aromatic rings. The third-order valence-electron chi connectivity index (χ3n) is 11.2. The van der Waals surface area contributed by atoms with Gasteiger partial charge in [0.05, 0.1) is 22.8 Å². The molecule has 3 aliphatic rings. The normalized spacial score (nSPS) is 15.9. The summed E-state index contributed by atoms with van der Waals surface area (Å²) < 4.78 is 0. The molecule has 0 amide bonds. The summed E-state index contributed by atoms with van der Waals surface area (Å²) in [4.78, 5) is 20.4. The highest BCUT2D eigenvalue weighted by atomic mass is 14.9. The fourth-order valence-corrected chi connectivity index (χ4v) is 8.78. The predicted molar refractivity (Wildman–Crippen MR) is 218 cm³/mol. The summed E-state index contributed by atoms with van der Waals surface area (Å²) in [5.41, 5.74) is 19.6. The first-order chi connectivity index (χ1) is 26.8. The van der Waals surface area contributed by atoms with Crippen molar-refractivity contribution in [2.45, 2.75) is 11.8 Å². The smallest absolute Gasteiger partial charge is 0.115 e. The number of pyridine rings is 2. The Labute approximate surface area is 314 Å². The summed E-state index contributed by atoms with van der Waals surface area (Å²) in [6, 6.07) is 60.6. The van der Waals surface area contributed by atoms with Crippen LogP contribution in [0.15, 0.2) is 192 Å². The third kappa shape index (κ3) is 4.77. The highest BCUT2D eigenvalue weighted by Gasteiger charge is 2.31. The lowest BCUT2D eigenvalue weighted by molar-refractivity contribution is 1.01. The van der Waals surface area contributed by atoms with Gasteiger partial charge in [-0.1, -0.05) is 146 Å². The Balaban J connectivity index is 0.984. The van der Waals surface area contributed by atoms with Crippen LogP contribution in [0.5, 0.6) is 0 Å². The van der Waals surface area contributed by atoms with Gasteiger partial charge in [-0.05, 0) is 79.9 Å². The van der Waals surface area contributed by atoms with Gasteiger partial charge in [-0.2, -0.15) is 0 Å². The van der Waals surface area contributed by atoms with Gasteiger partial charge in [0.15, 0.2) is 0 Å². The zero-order valence-electron chi connectivity index (χ0n) is 29.3. The Morgan fingerprint density at radius 1 is 0.315 bits per heavy atom. The molecule has 2 aliphatic carbocycles. The molecule has 0 fully saturated rings. The van der Waals surface area contributed by atoms with Crippen molar-refractivity contribution >= 4 is 22.8 Å². The third-order valence-corrected chi connectivity index (χ3v) is 11.2. The van der Waals surface area contributed by atoms with Crippen LogP contribution in [0.2, 0.25) is 0 Å². The Bertz CT molecular complexity index is 2540. The van der Waals surface area contributed by atoms with E-state index in [9.17, 15) is 0 Å². The molecule has 0 N–H and O–H groups in total. The van der Waals surface area contributed by atoms with Crippen molar-refractivity contribution in [1.29, 1.82) is 0 Å². The number of hydrogen-bond donors (Lipinski definition) is 0. The van der Waals surface area contributed by atoms with Gasteiger partial charge >= 0.3 is 0 Å². The van der Waals surface area contributed by atoms with Crippen LogP contribution >= 0.6 is 0 Å². The van der Waals surface area contributed by atoms with Crippen LogP contribution in [0.3, 0.4) is 0 Å². The highest BCUT2D eigenvalue weighted by molar-refractivity contribution is 6.21. The topological polar surface area (TPSA) is 50.5 Å². The van der Waals surface area contributed by atoms with Gasteiger partial charge in [0.2, 0.25) is 0 Å². The van der Waals surface area contributed by atoms with Crippen LogP contribution < -0.4 is 0 Å². The molecule has 6 aromatic carbocycles. The standard InChI is InChI=1S/C50H32N4/c1-5-15-39-35(11-1)36-12-2-6-16-40(36)45(39)31-21-25-33(26-22-31)47-49-43(19-9-29-51-49)54-48(50-44(53-47)20-10-30-52-50)34-27-23-32(24-28-34)46-41-17-7-3-13-37(41)38-14-4-8-18-42(38)46/h1-30,45-46H/b49-47?,50-48?,53-44?,53-47-,54-43?,54-48-. The van der Waals surface area contributed by atoms with Crippen LogP contribution in [0.25, 0.3) is 22.3 Å². The van der Waals surface area contributed by atoms with Crippen molar-refractivity contribution in [3.63, 3.8) is 0 Å². The van der Waals surface area contributed by atoms with Crippen molar-refractivity contribution < 1.29 is 0 Å². The number of nitrogens with zero attached hydrogens (tertiary/aromatic N) is 4. The molecule has 3 heterocycles. The largest absolute Gasteiger partial charge is 0.252 e. The first-order valence-electron chi connectivity index (χ1n) is 18.5. The molecule has 1 aliphatic heterocycles. The predicted octanol–water partition coefficient (Wildman–Crippen LogP) is 11.4. The van der Waals surface area contributed by atoms with E-state index < -0.39 is 0 Å². The average molecular weight is 689 g/mol. The molecule has 2 aromatic heterocycles. The molecule has 11 rings (SSSR count). The molecule has 0 saturated heterocycles. The lowest BCUT2D eigenvalue weighted by atomic mass is 9.88. The lowest BCUT2D eigenvalue weighted by Crippen LogP contribution is -2.13. The molecule has 0 unspecified atom stereocenters. The monoisotopic (exact) mass is 688 g/mol. The quantitative estimate of drug-likeness (QED) is 0.185. The molecule has 0 bridgehead atoms. The van der Waals surface area contributed by atoms with E-state index >= 15 is 0 Å². The fraction of sp³-hybridized carbons (Fsp3) is 0.0400. The SMILES string of the molecule is c1cnc2c(c1)/N=C(/c1ccc(C3c4ccccc4-c4ccccc43)cc1)c1ncccc1/N=C\2c1ccc(C2c3ccccc3-c3ccccc32)cc1. The Morgan fingerprint density at radius 3 is 1.00 bits per heavy atom. The minimum Gasteiger partial charge on any atom is -0.252 e. The fourth-order valence-electron chi connectivity index (χ4n) is 8.78.